The summed E-state index contributed by atoms with van der Waals surface area (Å²) in [4.78, 5) is 17.1. The van der Waals surface area contributed by atoms with Crippen molar-refractivity contribution < 1.29 is 9.53 Å². The molecular weight excluding hydrogens is 314 g/mol. The molecule has 0 aliphatic carbocycles. The molecule has 0 radical (unpaired) electrons. The van der Waals surface area contributed by atoms with E-state index in [1.165, 1.54) is 0 Å². The fourth-order valence-electron chi connectivity index (χ4n) is 3.28. The van der Waals surface area contributed by atoms with Gasteiger partial charge in [-0.15, -0.1) is 0 Å². The van der Waals surface area contributed by atoms with E-state index in [9.17, 15) is 4.79 Å². The van der Waals surface area contributed by atoms with Crippen LogP contribution in [0.3, 0.4) is 0 Å². The summed E-state index contributed by atoms with van der Waals surface area (Å²) in [7, 11) is 0. The number of nitrogens with one attached hydrogen (secondary N) is 1. The molecule has 0 spiro atoms. The van der Waals surface area contributed by atoms with E-state index < -0.39 is 0 Å². The highest BCUT2D eigenvalue weighted by atomic mass is 16.5. The van der Waals surface area contributed by atoms with Gasteiger partial charge >= 0.3 is 0 Å². The molecular formula is C20H19N3O2. The zero-order chi connectivity index (χ0) is 17.2. The van der Waals surface area contributed by atoms with Gasteiger partial charge < -0.3 is 14.6 Å². The summed E-state index contributed by atoms with van der Waals surface area (Å²) in [6.07, 6.45) is 5.38. The molecule has 5 nitrogen and oxygen atoms in total. The van der Waals surface area contributed by atoms with E-state index in [0.29, 0.717) is 6.54 Å². The Hall–Kier alpha value is -3.08. The smallest absolute Gasteiger partial charge is 0.232 e. The Kier molecular flexibility index (Phi) is 3.98. The van der Waals surface area contributed by atoms with E-state index >= 15 is 0 Å². The molecule has 126 valence electrons. The Morgan fingerprint density at radius 3 is 2.40 bits per heavy atom. The van der Waals surface area contributed by atoms with Crippen LogP contribution in [-0.4, -0.2) is 21.5 Å². The fraction of sp³-hybridized carbons (Fsp3) is 0.200. The quantitative estimate of drug-likeness (QED) is 0.797. The second-order valence-corrected chi connectivity index (χ2v) is 6.28. The van der Waals surface area contributed by atoms with Crippen molar-refractivity contribution in [3.05, 3.63) is 78.4 Å². The number of rotatable bonds is 4. The molecule has 5 heteroatoms. The number of hydrogen-bond donors (Lipinski definition) is 1. The average Bonchev–Trinajstić information content (AvgIpc) is 3.12. The van der Waals surface area contributed by atoms with Crippen molar-refractivity contribution in [3.63, 3.8) is 0 Å². The predicted molar refractivity (Wildman–Crippen MR) is 94.6 cm³/mol. The first kappa shape index (κ1) is 15.4. The average molecular weight is 333 g/mol. The number of ether oxygens (including phenoxy) is 1. The van der Waals surface area contributed by atoms with E-state index in [-0.39, 0.29) is 17.9 Å². The molecule has 1 atom stereocenters. The third-order valence-corrected chi connectivity index (χ3v) is 4.37. The molecule has 0 fully saturated rings. The summed E-state index contributed by atoms with van der Waals surface area (Å²) < 4.78 is 7.91. The second kappa shape index (κ2) is 6.43. The van der Waals surface area contributed by atoms with Gasteiger partial charge in [0.05, 0.1) is 12.2 Å². The number of benzene rings is 2. The highest BCUT2D eigenvalue weighted by molar-refractivity contribution is 5.89. The maximum absolute atomic E-state index is 13.1. The molecule has 2 aromatic carbocycles. The number of aromatic nitrogens is 2. The topological polar surface area (TPSA) is 56.2 Å². The SMILES string of the molecule is CC(Cn1ccnc1)NC(=O)C1c2ccccc2Oc2ccccc21. The lowest BCUT2D eigenvalue weighted by molar-refractivity contribution is -0.122. The van der Waals surface area contributed by atoms with Crippen LogP contribution in [0, 0.1) is 0 Å². The Labute approximate surface area is 146 Å². The zero-order valence-corrected chi connectivity index (χ0v) is 13.9. The van der Waals surface area contributed by atoms with Gasteiger partial charge in [0, 0.05) is 36.1 Å². The predicted octanol–water partition coefficient (Wildman–Crippen LogP) is 3.33. The number of hydrogen-bond acceptors (Lipinski definition) is 3. The maximum Gasteiger partial charge on any atom is 0.232 e. The van der Waals surface area contributed by atoms with Gasteiger partial charge in [0.1, 0.15) is 11.5 Å². The molecule has 0 saturated carbocycles. The number of fused-ring (bicyclic) bond motifs is 2. The van der Waals surface area contributed by atoms with Gasteiger partial charge in [-0.2, -0.15) is 0 Å². The molecule has 1 aliphatic rings. The monoisotopic (exact) mass is 333 g/mol. The minimum atomic E-state index is -0.369. The molecule has 1 amide bonds. The number of amides is 1. The first-order chi connectivity index (χ1) is 12.2. The van der Waals surface area contributed by atoms with Gasteiger partial charge in [-0.3, -0.25) is 4.79 Å². The zero-order valence-electron chi connectivity index (χ0n) is 13.9. The summed E-state index contributed by atoms with van der Waals surface area (Å²) in [5, 5.41) is 3.13. The Morgan fingerprint density at radius 1 is 1.16 bits per heavy atom. The fourth-order valence-corrected chi connectivity index (χ4v) is 3.28. The summed E-state index contributed by atoms with van der Waals surface area (Å²) >= 11 is 0. The summed E-state index contributed by atoms with van der Waals surface area (Å²) in [5.41, 5.74) is 1.79. The van der Waals surface area contributed by atoms with Crippen LogP contribution in [0.4, 0.5) is 0 Å². The summed E-state index contributed by atoms with van der Waals surface area (Å²) in [5.74, 6) is 1.09. The number of nitrogens with zero attached hydrogens (tertiary/aromatic N) is 2. The van der Waals surface area contributed by atoms with Crippen molar-refractivity contribution in [2.45, 2.75) is 25.4 Å². The third kappa shape index (κ3) is 3.01. The van der Waals surface area contributed by atoms with E-state index in [0.717, 1.165) is 22.6 Å². The first-order valence-corrected chi connectivity index (χ1v) is 8.34. The molecule has 1 aliphatic heterocycles. The first-order valence-electron chi connectivity index (χ1n) is 8.34. The van der Waals surface area contributed by atoms with Crippen LogP contribution >= 0.6 is 0 Å². The van der Waals surface area contributed by atoms with Crippen LogP contribution in [0.15, 0.2) is 67.3 Å². The Bertz CT molecular complexity index is 844. The van der Waals surface area contributed by atoms with E-state index in [2.05, 4.69) is 10.3 Å². The largest absolute Gasteiger partial charge is 0.457 e. The molecule has 25 heavy (non-hydrogen) atoms. The number of imidazole rings is 1. The number of carbonyl (C=O) groups excluding carboxylic acids is 1. The van der Waals surface area contributed by atoms with Crippen molar-refractivity contribution >= 4 is 5.91 Å². The number of carbonyl (C=O) groups is 1. The summed E-state index contributed by atoms with van der Waals surface area (Å²) in [6.45, 7) is 2.67. The standard InChI is InChI=1S/C20H19N3O2/c1-14(12-23-11-10-21-13-23)22-20(24)19-15-6-2-4-8-17(15)25-18-9-5-3-7-16(18)19/h2-11,13-14,19H,12H2,1H3,(H,22,24). The van der Waals surface area contributed by atoms with E-state index in [1.54, 1.807) is 12.5 Å². The van der Waals surface area contributed by atoms with Gasteiger partial charge in [-0.1, -0.05) is 36.4 Å². The Morgan fingerprint density at radius 2 is 1.80 bits per heavy atom. The molecule has 1 aromatic heterocycles. The van der Waals surface area contributed by atoms with Gasteiger partial charge in [0.2, 0.25) is 5.91 Å². The maximum atomic E-state index is 13.1. The van der Waals surface area contributed by atoms with Crippen LogP contribution in [0.1, 0.15) is 24.0 Å². The second-order valence-electron chi connectivity index (χ2n) is 6.28. The van der Waals surface area contributed by atoms with Crippen LogP contribution in [0.5, 0.6) is 11.5 Å². The lowest BCUT2D eigenvalue weighted by Crippen LogP contribution is -2.39. The lowest BCUT2D eigenvalue weighted by atomic mass is 9.87. The Balaban J connectivity index is 1.61. The van der Waals surface area contributed by atoms with Gasteiger partial charge in [0.15, 0.2) is 0 Å². The normalized spacial score (nSPS) is 14.1. The van der Waals surface area contributed by atoms with Crippen LogP contribution in [-0.2, 0) is 11.3 Å². The minimum absolute atomic E-state index is 0.0103. The minimum Gasteiger partial charge on any atom is -0.457 e. The molecule has 3 aromatic rings. The van der Waals surface area contributed by atoms with Gasteiger partial charge in [-0.05, 0) is 19.1 Å². The van der Waals surface area contributed by atoms with Gasteiger partial charge in [-0.25, -0.2) is 4.98 Å². The lowest BCUT2D eigenvalue weighted by Gasteiger charge is -2.28. The van der Waals surface area contributed by atoms with Crippen LogP contribution < -0.4 is 10.1 Å². The van der Waals surface area contributed by atoms with E-state index in [1.807, 2.05) is 66.2 Å². The van der Waals surface area contributed by atoms with Crippen molar-refractivity contribution in [1.82, 2.24) is 14.9 Å². The molecule has 0 saturated heterocycles. The third-order valence-electron chi connectivity index (χ3n) is 4.37. The van der Waals surface area contributed by atoms with E-state index in [4.69, 9.17) is 4.74 Å². The number of para-hydroxylation sites is 2. The highest BCUT2D eigenvalue weighted by Crippen LogP contribution is 2.43. The molecule has 2 heterocycles. The van der Waals surface area contributed by atoms with Crippen molar-refractivity contribution in [2.75, 3.05) is 0 Å². The molecule has 0 bridgehead atoms. The van der Waals surface area contributed by atoms with Crippen LogP contribution in [0.2, 0.25) is 0 Å². The van der Waals surface area contributed by atoms with Gasteiger partial charge in [0.25, 0.3) is 0 Å². The van der Waals surface area contributed by atoms with Crippen molar-refractivity contribution in [2.24, 2.45) is 0 Å². The highest BCUT2D eigenvalue weighted by Gasteiger charge is 2.32. The van der Waals surface area contributed by atoms with Crippen LogP contribution in [0.25, 0.3) is 0 Å². The van der Waals surface area contributed by atoms with Crippen molar-refractivity contribution in [1.29, 1.82) is 0 Å². The summed E-state index contributed by atoms with van der Waals surface area (Å²) in [6, 6.07) is 15.4. The molecule has 1 unspecified atom stereocenters. The molecule has 4 rings (SSSR count). The van der Waals surface area contributed by atoms with Crippen molar-refractivity contribution in [3.8, 4) is 11.5 Å². The molecule has 1 N–H and O–H groups in total.